The van der Waals surface area contributed by atoms with Crippen LogP contribution in [0.3, 0.4) is 0 Å². The third-order valence-corrected chi connectivity index (χ3v) is 3.39. The monoisotopic (exact) mass is 249 g/mol. The van der Waals surface area contributed by atoms with Crippen molar-refractivity contribution in [3.8, 4) is 5.88 Å². The van der Waals surface area contributed by atoms with E-state index >= 15 is 0 Å². The molecule has 2 rings (SSSR count). The molecule has 1 fully saturated rings. The molecule has 0 spiro atoms. The van der Waals surface area contributed by atoms with Crippen LogP contribution in [0.5, 0.6) is 5.88 Å². The van der Waals surface area contributed by atoms with Gasteiger partial charge in [0, 0.05) is 44.5 Å². The van der Waals surface area contributed by atoms with E-state index < -0.39 is 0 Å². The van der Waals surface area contributed by atoms with E-state index in [1.807, 2.05) is 12.3 Å². The van der Waals surface area contributed by atoms with E-state index in [1.54, 1.807) is 7.11 Å². The van der Waals surface area contributed by atoms with Crippen molar-refractivity contribution >= 4 is 0 Å². The molecule has 1 saturated heterocycles. The first-order valence-electron chi connectivity index (χ1n) is 6.76. The van der Waals surface area contributed by atoms with E-state index in [2.05, 4.69) is 28.2 Å². The Morgan fingerprint density at radius 3 is 3.22 bits per heavy atom. The number of ether oxygens (including phenoxy) is 1. The summed E-state index contributed by atoms with van der Waals surface area (Å²) in [6.07, 6.45) is 4.32. The molecule has 100 valence electrons. The fourth-order valence-electron chi connectivity index (χ4n) is 2.50. The van der Waals surface area contributed by atoms with Crippen LogP contribution < -0.4 is 10.1 Å². The van der Waals surface area contributed by atoms with E-state index in [-0.39, 0.29) is 0 Å². The van der Waals surface area contributed by atoms with Crippen molar-refractivity contribution in [1.29, 1.82) is 0 Å². The van der Waals surface area contributed by atoms with Gasteiger partial charge >= 0.3 is 0 Å². The number of nitrogens with one attached hydrogen (secondary N) is 1. The Bertz CT molecular complexity index is 368. The zero-order valence-electron chi connectivity index (χ0n) is 11.4. The molecule has 0 aliphatic carbocycles. The topological polar surface area (TPSA) is 37.4 Å². The minimum Gasteiger partial charge on any atom is -0.481 e. The highest BCUT2D eigenvalue weighted by Crippen LogP contribution is 2.13. The number of aromatic nitrogens is 1. The molecule has 0 radical (unpaired) electrons. The van der Waals surface area contributed by atoms with Crippen LogP contribution in [0.25, 0.3) is 0 Å². The van der Waals surface area contributed by atoms with Crippen molar-refractivity contribution in [2.24, 2.45) is 0 Å². The number of methoxy groups -OCH3 is 1. The fraction of sp³-hybridized carbons (Fsp3) is 0.643. The maximum Gasteiger partial charge on any atom is 0.213 e. The number of hydrogen-bond acceptors (Lipinski definition) is 4. The lowest BCUT2D eigenvalue weighted by atomic mass is 10.1. The summed E-state index contributed by atoms with van der Waals surface area (Å²) in [5.41, 5.74) is 1.28. The predicted molar refractivity (Wildman–Crippen MR) is 72.8 cm³/mol. The SMILES string of the molecule is CCCC1CN(Cc2ccnc(OC)c2)CCN1. The minimum absolute atomic E-state index is 0.646. The summed E-state index contributed by atoms with van der Waals surface area (Å²) in [5, 5.41) is 3.58. The molecule has 0 aromatic carbocycles. The minimum atomic E-state index is 0.646. The van der Waals surface area contributed by atoms with Crippen LogP contribution in [-0.4, -0.2) is 42.7 Å². The second-order valence-electron chi connectivity index (χ2n) is 4.88. The molecule has 4 nitrogen and oxygen atoms in total. The average molecular weight is 249 g/mol. The Hall–Kier alpha value is -1.13. The van der Waals surface area contributed by atoms with Crippen LogP contribution in [0, 0.1) is 0 Å². The highest BCUT2D eigenvalue weighted by atomic mass is 16.5. The number of hydrogen-bond donors (Lipinski definition) is 1. The third kappa shape index (κ3) is 3.68. The smallest absolute Gasteiger partial charge is 0.213 e. The Labute approximate surface area is 109 Å². The van der Waals surface area contributed by atoms with E-state index in [1.165, 1.54) is 18.4 Å². The molecule has 0 saturated carbocycles. The summed E-state index contributed by atoms with van der Waals surface area (Å²) in [6.45, 7) is 6.57. The highest BCUT2D eigenvalue weighted by Gasteiger charge is 2.18. The Balaban J connectivity index is 1.91. The van der Waals surface area contributed by atoms with Crippen molar-refractivity contribution in [1.82, 2.24) is 15.2 Å². The van der Waals surface area contributed by atoms with Gasteiger partial charge in [0.2, 0.25) is 5.88 Å². The summed E-state index contributed by atoms with van der Waals surface area (Å²) in [6, 6.07) is 4.74. The molecule has 1 N–H and O–H groups in total. The van der Waals surface area contributed by atoms with Crippen LogP contribution in [0.15, 0.2) is 18.3 Å². The van der Waals surface area contributed by atoms with Gasteiger partial charge in [0.05, 0.1) is 7.11 Å². The largest absolute Gasteiger partial charge is 0.481 e. The second kappa shape index (κ2) is 6.71. The molecule has 1 unspecified atom stereocenters. The number of piperazine rings is 1. The third-order valence-electron chi connectivity index (χ3n) is 3.39. The van der Waals surface area contributed by atoms with Gasteiger partial charge in [-0.05, 0) is 18.1 Å². The van der Waals surface area contributed by atoms with E-state index in [0.717, 1.165) is 26.2 Å². The normalized spacial score (nSPS) is 20.9. The van der Waals surface area contributed by atoms with E-state index in [4.69, 9.17) is 4.74 Å². The van der Waals surface area contributed by atoms with Gasteiger partial charge < -0.3 is 10.1 Å². The van der Waals surface area contributed by atoms with Crippen LogP contribution in [0.1, 0.15) is 25.3 Å². The molecule has 1 aromatic rings. The van der Waals surface area contributed by atoms with E-state index in [9.17, 15) is 0 Å². The van der Waals surface area contributed by atoms with Gasteiger partial charge in [0.15, 0.2) is 0 Å². The average Bonchev–Trinajstić information content (AvgIpc) is 2.40. The van der Waals surface area contributed by atoms with Gasteiger partial charge in [-0.3, -0.25) is 4.90 Å². The molecule has 0 bridgehead atoms. The molecule has 18 heavy (non-hydrogen) atoms. The first-order valence-corrected chi connectivity index (χ1v) is 6.76. The zero-order valence-corrected chi connectivity index (χ0v) is 11.4. The molecule has 4 heteroatoms. The van der Waals surface area contributed by atoms with E-state index in [0.29, 0.717) is 11.9 Å². The molecule has 0 amide bonds. The lowest BCUT2D eigenvalue weighted by Crippen LogP contribution is -2.50. The summed E-state index contributed by atoms with van der Waals surface area (Å²) in [7, 11) is 1.66. The Kier molecular flexibility index (Phi) is 4.96. The van der Waals surface area contributed by atoms with Gasteiger partial charge in [0.1, 0.15) is 0 Å². The van der Waals surface area contributed by atoms with Crippen molar-refractivity contribution < 1.29 is 4.74 Å². The zero-order chi connectivity index (χ0) is 12.8. The van der Waals surface area contributed by atoms with Crippen molar-refractivity contribution in [2.45, 2.75) is 32.4 Å². The van der Waals surface area contributed by atoms with Crippen LogP contribution >= 0.6 is 0 Å². The molecule has 1 atom stereocenters. The first-order chi connectivity index (χ1) is 8.81. The standard InChI is InChI=1S/C14H23N3O/c1-3-4-13-11-17(8-7-15-13)10-12-5-6-16-14(9-12)18-2/h5-6,9,13,15H,3-4,7-8,10-11H2,1-2H3. The maximum absolute atomic E-state index is 5.16. The molecular formula is C14H23N3O. The van der Waals surface area contributed by atoms with Crippen LogP contribution in [0.2, 0.25) is 0 Å². The quantitative estimate of drug-likeness (QED) is 0.861. The van der Waals surface area contributed by atoms with Crippen LogP contribution in [0.4, 0.5) is 0 Å². The second-order valence-corrected chi connectivity index (χ2v) is 4.88. The summed E-state index contributed by atoms with van der Waals surface area (Å²) in [4.78, 5) is 6.65. The number of rotatable bonds is 5. The number of nitrogens with zero attached hydrogens (tertiary/aromatic N) is 2. The molecule has 1 aromatic heterocycles. The van der Waals surface area contributed by atoms with Gasteiger partial charge in [0.25, 0.3) is 0 Å². The Morgan fingerprint density at radius 1 is 1.56 bits per heavy atom. The lowest BCUT2D eigenvalue weighted by molar-refractivity contribution is 0.186. The summed E-state index contributed by atoms with van der Waals surface area (Å²) >= 11 is 0. The lowest BCUT2D eigenvalue weighted by Gasteiger charge is -2.33. The highest BCUT2D eigenvalue weighted by molar-refractivity contribution is 5.20. The Morgan fingerprint density at radius 2 is 2.44 bits per heavy atom. The first kappa shape index (κ1) is 13.3. The van der Waals surface area contributed by atoms with Gasteiger partial charge in [-0.25, -0.2) is 4.98 Å². The van der Waals surface area contributed by atoms with Crippen LogP contribution in [-0.2, 0) is 6.54 Å². The molecular weight excluding hydrogens is 226 g/mol. The van der Waals surface area contributed by atoms with Crippen molar-refractivity contribution in [2.75, 3.05) is 26.7 Å². The van der Waals surface area contributed by atoms with Gasteiger partial charge in [-0.1, -0.05) is 13.3 Å². The molecule has 2 heterocycles. The fourth-order valence-corrected chi connectivity index (χ4v) is 2.50. The summed E-state index contributed by atoms with van der Waals surface area (Å²) < 4.78 is 5.16. The summed E-state index contributed by atoms with van der Waals surface area (Å²) in [5.74, 6) is 0.702. The van der Waals surface area contributed by atoms with Crippen molar-refractivity contribution in [3.63, 3.8) is 0 Å². The molecule has 1 aliphatic rings. The van der Waals surface area contributed by atoms with Gasteiger partial charge in [-0.15, -0.1) is 0 Å². The number of pyridine rings is 1. The van der Waals surface area contributed by atoms with Gasteiger partial charge in [-0.2, -0.15) is 0 Å². The molecule has 1 aliphatic heterocycles. The van der Waals surface area contributed by atoms with Crippen molar-refractivity contribution in [3.05, 3.63) is 23.9 Å². The maximum atomic E-state index is 5.16. The predicted octanol–water partition coefficient (Wildman–Crippen LogP) is 1.66.